The number of halogens is 2. The number of benzene rings is 1. The van der Waals surface area contributed by atoms with E-state index in [9.17, 15) is 4.39 Å². The molecule has 2 nitrogen and oxygen atoms in total. The molecule has 0 aliphatic carbocycles. The maximum atomic E-state index is 13.2. The Morgan fingerprint density at radius 2 is 2.07 bits per heavy atom. The third-order valence-corrected chi connectivity index (χ3v) is 2.85. The highest BCUT2D eigenvalue weighted by atomic mass is 79.9. The van der Waals surface area contributed by atoms with Gasteiger partial charge in [-0.1, -0.05) is 0 Å². The van der Waals surface area contributed by atoms with E-state index in [0.717, 1.165) is 10.0 Å². The van der Waals surface area contributed by atoms with E-state index in [2.05, 4.69) is 15.9 Å². The van der Waals surface area contributed by atoms with Gasteiger partial charge in [0.2, 0.25) is 0 Å². The Labute approximate surface area is 97.7 Å². The van der Waals surface area contributed by atoms with Crippen molar-refractivity contribution >= 4 is 15.9 Å². The van der Waals surface area contributed by atoms with Crippen LogP contribution in [0.5, 0.6) is 5.75 Å². The van der Waals surface area contributed by atoms with Crippen molar-refractivity contribution in [1.29, 1.82) is 0 Å². The van der Waals surface area contributed by atoms with Crippen molar-refractivity contribution in [3.8, 4) is 5.75 Å². The SMILES string of the molecule is COc1cc(F)cc(CC(C)(C)N)c1Br. The van der Waals surface area contributed by atoms with Crippen molar-refractivity contribution in [2.45, 2.75) is 25.8 Å². The van der Waals surface area contributed by atoms with Crippen LogP contribution >= 0.6 is 15.9 Å². The van der Waals surface area contributed by atoms with E-state index >= 15 is 0 Å². The molecule has 0 atom stereocenters. The number of methoxy groups -OCH3 is 1. The highest BCUT2D eigenvalue weighted by molar-refractivity contribution is 9.10. The lowest BCUT2D eigenvalue weighted by Gasteiger charge is -2.20. The predicted octanol–water partition coefficient (Wildman–Crippen LogP) is 2.88. The van der Waals surface area contributed by atoms with Crippen LogP contribution in [0.15, 0.2) is 16.6 Å². The van der Waals surface area contributed by atoms with Crippen LogP contribution in [-0.2, 0) is 6.42 Å². The zero-order valence-corrected chi connectivity index (χ0v) is 10.7. The Morgan fingerprint density at radius 1 is 1.47 bits per heavy atom. The molecule has 0 heterocycles. The maximum absolute atomic E-state index is 13.2. The second kappa shape index (κ2) is 4.49. The predicted molar refractivity (Wildman–Crippen MR) is 62.6 cm³/mol. The van der Waals surface area contributed by atoms with Crippen molar-refractivity contribution in [2.75, 3.05) is 7.11 Å². The summed E-state index contributed by atoms with van der Waals surface area (Å²) in [5, 5.41) is 0. The second-order valence-electron chi connectivity index (χ2n) is 4.25. The van der Waals surface area contributed by atoms with Crippen LogP contribution in [0, 0.1) is 5.82 Å². The zero-order valence-electron chi connectivity index (χ0n) is 9.10. The fraction of sp³-hybridized carbons (Fsp3) is 0.455. The van der Waals surface area contributed by atoms with Crippen LogP contribution < -0.4 is 10.5 Å². The molecule has 0 bridgehead atoms. The summed E-state index contributed by atoms with van der Waals surface area (Å²) in [5.41, 5.74) is 6.34. The standard InChI is InChI=1S/C11H15BrFNO/c1-11(2,14)6-7-4-8(13)5-9(15-3)10(7)12/h4-5H,6,14H2,1-3H3. The first-order valence-electron chi connectivity index (χ1n) is 4.64. The molecule has 0 radical (unpaired) electrons. The smallest absolute Gasteiger partial charge is 0.136 e. The highest BCUT2D eigenvalue weighted by Crippen LogP contribution is 2.31. The van der Waals surface area contributed by atoms with Gasteiger partial charge in [0.15, 0.2) is 0 Å². The molecule has 84 valence electrons. The van der Waals surface area contributed by atoms with Gasteiger partial charge in [-0.05, 0) is 47.8 Å². The fourth-order valence-electron chi connectivity index (χ4n) is 1.39. The summed E-state index contributed by atoms with van der Waals surface area (Å²) in [4.78, 5) is 0. The topological polar surface area (TPSA) is 35.2 Å². The van der Waals surface area contributed by atoms with E-state index in [1.54, 1.807) is 0 Å². The first kappa shape index (κ1) is 12.5. The Morgan fingerprint density at radius 3 is 2.53 bits per heavy atom. The van der Waals surface area contributed by atoms with E-state index in [1.165, 1.54) is 19.2 Å². The van der Waals surface area contributed by atoms with Crippen LogP contribution in [0.25, 0.3) is 0 Å². The van der Waals surface area contributed by atoms with Gasteiger partial charge in [0, 0.05) is 11.6 Å². The molecular formula is C11H15BrFNO. The van der Waals surface area contributed by atoms with E-state index in [4.69, 9.17) is 10.5 Å². The molecule has 0 aliphatic heterocycles. The van der Waals surface area contributed by atoms with Crippen LogP contribution in [0.1, 0.15) is 19.4 Å². The molecule has 0 aliphatic rings. The lowest BCUT2D eigenvalue weighted by Crippen LogP contribution is -2.34. The number of hydrogen-bond acceptors (Lipinski definition) is 2. The van der Waals surface area contributed by atoms with Crippen LogP contribution in [0.4, 0.5) is 4.39 Å². The van der Waals surface area contributed by atoms with Crippen LogP contribution in [0.2, 0.25) is 0 Å². The van der Waals surface area contributed by atoms with Crippen molar-refractivity contribution < 1.29 is 9.13 Å². The quantitative estimate of drug-likeness (QED) is 0.921. The van der Waals surface area contributed by atoms with Crippen molar-refractivity contribution in [1.82, 2.24) is 0 Å². The molecule has 1 rings (SSSR count). The fourth-order valence-corrected chi connectivity index (χ4v) is 1.92. The van der Waals surface area contributed by atoms with E-state index < -0.39 is 0 Å². The van der Waals surface area contributed by atoms with Gasteiger partial charge in [-0.3, -0.25) is 0 Å². The van der Waals surface area contributed by atoms with Crippen molar-refractivity contribution in [2.24, 2.45) is 5.73 Å². The summed E-state index contributed by atoms with van der Waals surface area (Å²) in [6.07, 6.45) is 0.585. The summed E-state index contributed by atoms with van der Waals surface area (Å²) in [6.45, 7) is 3.80. The summed E-state index contributed by atoms with van der Waals surface area (Å²) in [5.74, 6) is 0.184. The monoisotopic (exact) mass is 275 g/mol. The van der Waals surface area contributed by atoms with Gasteiger partial charge in [0.25, 0.3) is 0 Å². The molecule has 4 heteroatoms. The Bertz CT molecular complexity index is 360. The van der Waals surface area contributed by atoms with Crippen molar-refractivity contribution in [3.63, 3.8) is 0 Å². The molecule has 0 unspecified atom stereocenters. The minimum atomic E-state index is -0.374. The average molecular weight is 276 g/mol. The Balaban J connectivity index is 3.12. The number of nitrogens with two attached hydrogens (primary N) is 1. The lowest BCUT2D eigenvalue weighted by atomic mass is 9.96. The molecule has 0 saturated heterocycles. The summed E-state index contributed by atoms with van der Waals surface area (Å²) >= 11 is 3.38. The molecule has 1 aromatic carbocycles. The summed E-state index contributed by atoms with van der Waals surface area (Å²) in [7, 11) is 1.51. The minimum Gasteiger partial charge on any atom is -0.495 e. The molecule has 0 aromatic heterocycles. The lowest BCUT2D eigenvalue weighted by molar-refractivity contribution is 0.406. The summed E-state index contributed by atoms with van der Waals surface area (Å²) < 4.78 is 19.0. The molecule has 2 N–H and O–H groups in total. The van der Waals surface area contributed by atoms with E-state index in [0.29, 0.717) is 12.2 Å². The molecule has 0 saturated carbocycles. The highest BCUT2D eigenvalue weighted by Gasteiger charge is 2.17. The normalized spacial score (nSPS) is 11.6. The number of hydrogen-bond donors (Lipinski definition) is 1. The molecule has 1 aromatic rings. The van der Waals surface area contributed by atoms with Crippen molar-refractivity contribution in [3.05, 3.63) is 28.0 Å². The van der Waals surface area contributed by atoms with Crippen LogP contribution in [0.3, 0.4) is 0 Å². The second-order valence-corrected chi connectivity index (χ2v) is 5.04. The molecule has 0 amide bonds. The van der Waals surface area contributed by atoms with Gasteiger partial charge < -0.3 is 10.5 Å². The minimum absolute atomic E-state index is 0.311. The van der Waals surface area contributed by atoms with E-state index in [-0.39, 0.29) is 11.4 Å². The third-order valence-electron chi connectivity index (χ3n) is 1.95. The number of ether oxygens (including phenoxy) is 1. The van der Waals surface area contributed by atoms with Gasteiger partial charge in [-0.2, -0.15) is 0 Å². The number of rotatable bonds is 3. The molecule has 0 spiro atoms. The van der Waals surface area contributed by atoms with Gasteiger partial charge in [-0.15, -0.1) is 0 Å². The molecule has 0 fully saturated rings. The molecular weight excluding hydrogens is 261 g/mol. The van der Waals surface area contributed by atoms with Gasteiger partial charge >= 0.3 is 0 Å². The van der Waals surface area contributed by atoms with Gasteiger partial charge in [-0.25, -0.2) is 4.39 Å². The Hall–Kier alpha value is -0.610. The van der Waals surface area contributed by atoms with Gasteiger partial charge in [0.1, 0.15) is 11.6 Å². The first-order chi connectivity index (χ1) is 6.83. The maximum Gasteiger partial charge on any atom is 0.136 e. The Kier molecular flexibility index (Phi) is 3.73. The van der Waals surface area contributed by atoms with Gasteiger partial charge in [0.05, 0.1) is 11.6 Å². The van der Waals surface area contributed by atoms with E-state index in [1.807, 2.05) is 13.8 Å². The average Bonchev–Trinajstić information content (AvgIpc) is 2.08. The third kappa shape index (κ3) is 3.47. The van der Waals surface area contributed by atoms with Crippen LogP contribution in [-0.4, -0.2) is 12.6 Å². The summed E-state index contributed by atoms with van der Waals surface area (Å²) in [6, 6.07) is 2.82. The first-order valence-corrected chi connectivity index (χ1v) is 5.43. The largest absolute Gasteiger partial charge is 0.495 e. The molecule has 15 heavy (non-hydrogen) atoms. The zero-order chi connectivity index (χ0) is 11.6.